The molecule has 0 fully saturated rings. The Morgan fingerprint density at radius 1 is 0.149 bits per heavy atom. The minimum absolute atomic E-state index is 0.621. The van der Waals surface area contributed by atoms with Crippen molar-refractivity contribution in [1.82, 2.24) is 9.13 Å². The molecule has 0 saturated carbocycles. The van der Waals surface area contributed by atoms with E-state index in [2.05, 4.69) is 385 Å². The first-order valence-electron chi connectivity index (χ1n) is 39.0. The number of aromatic nitrogens is 2. The van der Waals surface area contributed by atoms with Crippen molar-refractivity contribution in [2.45, 2.75) is 0 Å². The summed E-state index contributed by atoms with van der Waals surface area (Å²) in [5.74, 6) is 0. The largest absolute Gasteiger partial charge is 0.309 e. The number of nitrogens with zero attached hydrogens (tertiary/aromatic N) is 4. The zero-order chi connectivity index (χ0) is 75.2. The van der Waals surface area contributed by atoms with Gasteiger partial charge in [0.1, 0.15) is 0 Å². The highest BCUT2D eigenvalue weighted by Gasteiger charge is 2.24. The van der Waals surface area contributed by atoms with E-state index >= 15 is 0 Å². The summed E-state index contributed by atoms with van der Waals surface area (Å²) in [5.41, 5.74) is 24.0. The lowest BCUT2D eigenvalue weighted by Gasteiger charge is -2.19. The Hall–Kier alpha value is -15.5. The summed E-state index contributed by atoms with van der Waals surface area (Å²) >= 11 is 0. The molecule has 0 aliphatic carbocycles. The van der Waals surface area contributed by atoms with Gasteiger partial charge in [0.25, 0.3) is 0 Å². The summed E-state index contributed by atoms with van der Waals surface area (Å²) in [4.78, 5) is 0. The topological polar surface area (TPSA) is 57.4 Å². The van der Waals surface area contributed by atoms with E-state index in [1.807, 2.05) is 24.3 Å². The highest BCUT2D eigenvalue weighted by Crippen LogP contribution is 2.50. The molecule has 23 rings (SSSR count). The average Bonchev–Trinajstić information content (AvgIpc) is 0.967. The molecule has 114 heavy (non-hydrogen) atoms. The molecule has 23 aromatic rings. The van der Waals surface area contributed by atoms with E-state index in [9.17, 15) is 10.5 Å². The molecule has 0 amide bonds. The van der Waals surface area contributed by atoms with Crippen molar-refractivity contribution in [1.29, 1.82) is 10.5 Å². The molecule has 4 nitrogen and oxygen atoms in total. The Bertz CT molecular complexity index is 8190. The van der Waals surface area contributed by atoms with Crippen LogP contribution >= 0.6 is 0 Å². The van der Waals surface area contributed by atoms with E-state index in [0.717, 1.165) is 88.4 Å². The molecule has 0 spiro atoms. The van der Waals surface area contributed by atoms with Gasteiger partial charge in [-0.25, -0.2) is 0 Å². The van der Waals surface area contributed by atoms with Gasteiger partial charge in [-0.3, -0.25) is 0 Å². The van der Waals surface area contributed by atoms with Gasteiger partial charge >= 0.3 is 0 Å². The summed E-state index contributed by atoms with van der Waals surface area (Å²) < 4.78 is 4.69. The zero-order valence-corrected chi connectivity index (χ0v) is 61.7. The van der Waals surface area contributed by atoms with Crippen molar-refractivity contribution < 1.29 is 0 Å². The fourth-order valence-corrected chi connectivity index (χ4v) is 19.3. The van der Waals surface area contributed by atoms with E-state index in [4.69, 9.17) is 0 Å². The van der Waals surface area contributed by atoms with Gasteiger partial charge in [0.2, 0.25) is 0 Å². The van der Waals surface area contributed by atoms with Crippen molar-refractivity contribution in [2.75, 3.05) is 0 Å². The maximum atomic E-state index is 10.5. The van der Waals surface area contributed by atoms with Crippen molar-refractivity contribution in [3.05, 3.63) is 399 Å². The SMILES string of the molecule is N#Cc1ccc2c(c1)c1cc(-c3ccc(-c4cc5c6ccccc6c(-c6ccccc6)cc5c5ccccc45)c4ccccc34)ccc1n2-c1cccc(-c2ccc(-c3cc4c5ccccc5c(-c5ccc(-c6ccc7c(c6)c6cc(C#N)ccc6n7-c6ccccc6)c6ccccc56)cc4c4ccccc34)c3ccccc23)c1. The molecular weight excluding hydrogens is 1380 g/mol. The van der Waals surface area contributed by atoms with Crippen molar-refractivity contribution in [2.24, 2.45) is 0 Å². The van der Waals surface area contributed by atoms with Gasteiger partial charge in [0.05, 0.1) is 45.3 Å². The van der Waals surface area contributed by atoms with Crippen LogP contribution in [-0.4, -0.2) is 9.13 Å². The highest BCUT2D eigenvalue weighted by atomic mass is 15.0. The molecule has 0 aliphatic rings. The molecular formula is C110H64N4. The Morgan fingerprint density at radius 3 is 0.789 bits per heavy atom. The molecule has 524 valence electrons. The lowest BCUT2D eigenvalue weighted by molar-refractivity contribution is 1.18. The summed E-state index contributed by atoms with van der Waals surface area (Å²) in [7, 11) is 0. The Morgan fingerprint density at radius 2 is 0.412 bits per heavy atom. The first-order chi connectivity index (χ1) is 56.5. The summed E-state index contributed by atoms with van der Waals surface area (Å²) in [5, 5.41) is 46.5. The van der Waals surface area contributed by atoms with E-state index in [1.165, 1.54) is 141 Å². The number of para-hydroxylation sites is 1. The van der Waals surface area contributed by atoms with Gasteiger partial charge in [0, 0.05) is 32.9 Å². The predicted molar refractivity (Wildman–Crippen MR) is 480 cm³/mol. The number of nitriles is 2. The summed E-state index contributed by atoms with van der Waals surface area (Å²) in [6.45, 7) is 0. The number of benzene rings is 21. The van der Waals surface area contributed by atoms with Crippen LogP contribution in [0, 0.1) is 22.7 Å². The van der Waals surface area contributed by atoms with E-state index in [0.29, 0.717) is 11.1 Å². The van der Waals surface area contributed by atoms with Crippen LogP contribution in [0.2, 0.25) is 0 Å². The Balaban J connectivity index is 0.621. The minimum atomic E-state index is 0.621. The monoisotopic (exact) mass is 1440 g/mol. The summed E-state index contributed by atoms with van der Waals surface area (Å²) in [6, 6.07) is 147. The molecule has 2 heterocycles. The van der Waals surface area contributed by atoms with Gasteiger partial charge in [-0.15, -0.1) is 0 Å². The quantitative estimate of drug-likeness (QED) is 0.135. The van der Waals surface area contributed by atoms with Gasteiger partial charge in [0.15, 0.2) is 0 Å². The maximum absolute atomic E-state index is 10.5. The zero-order valence-electron chi connectivity index (χ0n) is 61.7. The molecule has 0 N–H and O–H groups in total. The Kier molecular flexibility index (Phi) is 14.5. The molecule has 0 atom stereocenters. The summed E-state index contributed by atoms with van der Waals surface area (Å²) in [6.07, 6.45) is 0. The van der Waals surface area contributed by atoms with E-state index < -0.39 is 0 Å². The Labute approximate surface area is 656 Å². The van der Waals surface area contributed by atoms with Crippen LogP contribution in [0.5, 0.6) is 0 Å². The van der Waals surface area contributed by atoms with Crippen molar-refractivity contribution in [3.63, 3.8) is 0 Å². The van der Waals surface area contributed by atoms with Crippen LogP contribution in [0.4, 0.5) is 0 Å². The lowest BCUT2D eigenvalue weighted by atomic mass is 9.84. The molecule has 2 aromatic heterocycles. The third-order valence-corrected chi connectivity index (χ3v) is 24.3. The van der Waals surface area contributed by atoms with Crippen LogP contribution in [0.1, 0.15) is 11.1 Å². The number of fused-ring (bicyclic) bond motifs is 19. The molecule has 0 bridgehead atoms. The van der Waals surface area contributed by atoms with Crippen molar-refractivity contribution in [3.8, 4) is 101 Å². The lowest BCUT2D eigenvalue weighted by Crippen LogP contribution is -1.95. The molecule has 0 saturated heterocycles. The van der Waals surface area contributed by atoms with E-state index in [1.54, 1.807) is 0 Å². The van der Waals surface area contributed by atoms with Gasteiger partial charge < -0.3 is 9.13 Å². The van der Waals surface area contributed by atoms with Crippen LogP contribution in [0.3, 0.4) is 0 Å². The van der Waals surface area contributed by atoms with Crippen LogP contribution in [0.25, 0.3) is 230 Å². The maximum Gasteiger partial charge on any atom is 0.0991 e. The first kappa shape index (κ1) is 64.5. The standard InChI is InChI=1S/C110H64N4/c111-65-67-42-52-107-103(56-67)105-59-71(44-54-109(105)113(107)73-25-5-2-6-26-73)76-47-51-94(83-33-12-8-29-79(76)83)98-64-102-90-40-19-16-37-87(90)97(63-101(102)91-41-20-17-38-88(91)98)92-49-46-75(78-28-7-10-31-81(78)92)70-24-21-27-74(58-70)114-108-53-43-68(66-112)57-104(108)106-60-72(45-55-110(106)114)77-48-50-93(82-32-11-9-30-80(77)82)96-62-100-85-35-14-13-34-84(85)95(69-22-3-1-4-23-69)61-99(100)89-39-18-15-36-86(89)96/h1-64H. The number of hydrogen-bond donors (Lipinski definition) is 0. The second-order valence-electron chi connectivity index (χ2n) is 30.3. The van der Waals surface area contributed by atoms with Gasteiger partial charge in [-0.05, 0) is 284 Å². The van der Waals surface area contributed by atoms with Crippen LogP contribution < -0.4 is 0 Å². The molecule has 21 aromatic carbocycles. The molecule has 0 aliphatic heterocycles. The predicted octanol–water partition coefficient (Wildman–Crippen LogP) is 29.7. The average molecular weight is 1440 g/mol. The van der Waals surface area contributed by atoms with Crippen LogP contribution in [0.15, 0.2) is 388 Å². The fourth-order valence-electron chi connectivity index (χ4n) is 19.3. The third-order valence-electron chi connectivity index (χ3n) is 24.3. The fraction of sp³-hybridized carbons (Fsp3) is 0. The molecule has 4 heteroatoms. The normalized spacial score (nSPS) is 11.8. The highest BCUT2D eigenvalue weighted by molar-refractivity contribution is 6.28. The first-order valence-corrected chi connectivity index (χ1v) is 39.0. The minimum Gasteiger partial charge on any atom is -0.309 e. The van der Waals surface area contributed by atoms with Gasteiger partial charge in [-0.2, -0.15) is 10.5 Å². The second-order valence-corrected chi connectivity index (χ2v) is 30.3. The third kappa shape index (κ3) is 9.89. The smallest absolute Gasteiger partial charge is 0.0991 e. The van der Waals surface area contributed by atoms with E-state index in [-0.39, 0.29) is 0 Å². The number of rotatable bonds is 9. The number of hydrogen-bond acceptors (Lipinski definition) is 2. The second kappa shape index (κ2) is 25.6. The van der Waals surface area contributed by atoms with Crippen molar-refractivity contribution >= 4 is 141 Å². The molecule has 0 unspecified atom stereocenters. The van der Waals surface area contributed by atoms with Crippen LogP contribution in [-0.2, 0) is 0 Å². The van der Waals surface area contributed by atoms with Gasteiger partial charge in [-0.1, -0.05) is 279 Å². The molecule has 0 radical (unpaired) electrons.